The van der Waals surface area contributed by atoms with Crippen molar-refractivity contribution in [2.45, 2.75) is 25.7 Å². The number of para-hydroxylation sites is 1. The number of piperazine rings is 1. The molecule has 0 aliphatic carbocycles. The second-order valence-corrected chi connectivity index (χ2v) is 7.37. The quantitative estimate of drug-likeness (QED) is 0.816. The van der Waals surface area contributed by atoms with Gasteiger partial charge in [-0.15, -0.1) is 0 Å². The first kappa shape index (κ1) is 18.7. The van der Waals surface area contributed by atoms with Crippen molar-refractivity contribution in [2.75, 3.05) is 49.1 Å². The number of halogens is 1. The Kier molecular flexibility index (Phi) is 5.69. The van der Waals surface area contributed by atoms with Crippen molar-refractivity contribution < 1.29 is 9.18 Å². The van der Waals surface area contributed by atoms with Crippen LogP contribution in [0.5, 0.6) is 0 Å². The first-order valence-corrected chi connectivity index (χ1v) is 10.1. The van der Waals surface area contributed by atoms with E-state index >= 15 is 0 Å². The summed E-state index contributed by atoms with van der Waals surface area (Å²) >= 11 is 0. The molecule has 2 saturated heterocycles. The lowest BCUT2D eigenvalue weighted by atomic mass is 10.2. The van der Waals surface area contributed by atoms with Crippen LogP contribution in [0.2, 0.25) is 0 Å². The highest BCUT2D eigenvalue weighted by atomic mass is 19.1. The molecule has 0 bridgehead atoms. The number of nitrogens with zero attached hydrogens (tertiary/aromatic N) is 5. The zero-order valence-corrected chi connectivity index (χ0v) is 16.1. The largest absolute Gasteiger partial charge is 0.366 e. The van der Waals surface area contributed by atoms with Gasteiger partial charge in [0.2, 0.25) is 5.95 Å². The number of aromatic nitrogens is 2. The van der Waals surface area contributed by atoms with Gasteiger partial charge in [0.1, 0.15) is 11.5 Å². The van der Waals surface area contributed by atoms with Gasteiger partial charge in [-0.05, 0) is 31.0 Å². The van der Waals surface area contributed by atoms with Crippen LogP contribution in [0.15, 0.2) is 36.5 Å². The van der Waals surface area contributed by atoms with Gasteiger partial charge >= 0.3 is 0 Å². The van der Waals surface area contributed by atoms with Crippen LogP contribution >= 0.6 is 0 Å². The fraction of sp³-hybridized carbons (Fsp3) is 0.476. The molecule has 4 rings (SSSR count). The lowest BCUT2D eigenvalue weighted by Crippen LogP contribution is -2.49. The average Bonchev–Trinajstić information content (AvgIpc) is 3.04. The van der Waals surface area contributed by atoms with Gasteiger partial charge in [0, 0.05) is 45.5 Å². The van der Waals surface area contributed by atoms with E-state index < -0.39 is 0 Å². The second kappa shape index (κ2) is 8.54. The SMILES string of the molecule is O=C(c1ccnc(N2CCCCCC2)n1)N1CCN(c2ccccc2F)CC1. The number of benzene rings is 1. The standard InChI is InChI=1S/C21H26FN5O/c22-17-7-3-4-8-19(17)25-13-15-26(16-14-25)20(28)18-9-10-23-21(24-18)27-11-5-1-2-6-12-27/h3-4,7-10H,1-2,5-6,11-16H2. The van der Waals surface area contributed by atoms with Gasteiger partial charge in [-0.2, -0.15) is 0 Å². The molecule has 2 aromatic rings. The maximum absolute atomic E-state index is 14.0. The Labute approximate surface area is 165 Å². The van der Waals surface area contributed by atoms with Crippen LogP contribution in [0.25, 0.3) is 0 Å². The highest BCUT2D eigenvalue weighted by Gasteiger charge is 2.25. The normalized spacial score (nSPS) is 18.1. The molecule has 1 aromatic carbocycles. The lowest BCUT2D eigenvalue weighted by molar-refractivity contribution is 0.0740. The highest BCUT2D eigenvalue weighted by Crippen LogP contribution is 2.21. The molecular formula is C21H26FN5O. The van der Waals surface area contributed by atoms with Crippen LogP contribution in [0, 0.1) is 5.82 Å². The Morgan fingerprint density at radius 3 is 2.29 bits per heavy atom. The molecule has 1 aromatic heterocycles. The smallest absolute Gasteiger partial charge is 0.272 e. The summed E-state index contributed by atoms with van der Waals surface area (Å²) in [4.78, 5) is 27.8. The van der Waals surface area contributed by atoms with Crippen molar-refractivity contribution in [3.8, 4) is 0 Å². The molecule has 0 N–H and O–H groups in total. The third kappa shape index (κ3) is 4.08. The predicted molar refractivity (Wildman–Crippen MR) is 107 cm³/mol. The van der Waals surface area contributed by atoms with Crippen LogP contribution in [0.1, 0.15) is 36.2 Å². The molecule has 148 valence electrons. The topological polar surface area (TPSA) is 52.6 Å². The summed E-state index contributed by atoms with van der Waals surface area (Å²) in [5.74, 6) is 0.351. The fourth-order valence-corrected chi connectivity index (χ4v) is 3.91. The molecule has 0 radical (unpaired) electrons. The van der Waals surface area contributed by atoms with Crippen LogP contribution < -0.4 is 9.80 Å². The molecule has 6 nitrogen and oxygen atoms in total. The van der Waals surface area contributed by atoms with Crippen molar-refractivity contribution in [2.24, 2.45) is 0 Å². The van der Waals surface area contributed by atoms with E-state index in [2.05, 4.69) is 14.9 Å². The number of amides is 1. The fourth-order valence-electron chi connectivity index (χ4n) is 3.91. The van der Waals surface area contributed by atoms with Crippen molar-refractivity contribution in [3.05, 3.63) is 48.0 Å². The minimum atomic E-state index is -0.222. The van der Waals surface area contributed by atoms with E-state index in [0.717, 1.165) is 25.9 Å². The number of hydrogen-bond acceptors (Lipinski definition) is 5. The van der Waals surface area contributed by atoms with E-state index in [9.17, 15) is 9.18 Å². The summed E-state index contributed by atoms with van der Waals surface area (Å²) in [5, 5.41) is 0. The molecule has 3 heterocycles. The number of carbonyl (C=O) groups is 1. The van der Waals surface area contributed by atoms with Crippen molar-refractivity contribution in [1.82, 2.24) is 14.9 Å². The van der Waals surface area contributed by atoms with Crippen molar-refractivity contribution >= 4 is 17.5 Å². The summed E-state index contributed by atoms with van der Waals surface area (Å²) in [6, 6.07) is 8.46. The van der Waals surface area contributed by atoms with Gasteiger partial charge in [0.25, 0.3) is 5.91 Å². The van der Waals surface area contributed by atoms with Gasteiger partial charge < -0.3 is 14.7 Å². The number of hydrogen-bond donors (Lipinski definition) is 0. The summed E-state index contributed by atoms with van der Waals surface area (Å²) < 4.78 is 14.0. The Balaban J connectivity index is 1.41. The van der Waals surface area contributed by atoms with Crippen molar-refractivity contribution in [1.29, 1.82) is 0 Å². The van der Waals surface area contributed by atoms with Crippen LogP contribution in [-0.4, -0.2) is 60.0 Å². The van der Waals surface area contributed by atoms with E-state index in [1.54, 1.807) is 29.3 Å². The van der Waals surface area contributed by atoms with Gasteiger partial charge in [-0.25, -0.2) is 14.4 Å². The number of anilines is 2. The Morgan fingerprint density at radius 2 is 1.57 bits per heavy atom. The molecule has 7 heteroatoms. The molecule has 0 spiro atoms. The van der Waals surface area contributed by atoms with Crippen LogP contribution in [-0.2, 0) is 0 Å². The first-order valence-electron chi connectivity index (χ1n) is 10.1. The maximum Gasteiger partial charge on any atom is 0.272 e. The maximum atomic E-state index is 14.0. The lowest BCUT2D eigenvalue weighted by Gasteiger charge is -2.36. The minimum absolute atomic E-state index is 0.0772. The summed E-state index contributed by atoms with van der Waals surface area (Å²) in [6.07, 6.45) is 6.43. The third-order valence-corrected chi connectivity index (χ3v) is 5.51. The van der Waals surface area contributed by atoms with Gasteiger partial charge in [-0.3, -0.25) is 4.79 Å². The molecule has 2 fully saturated rings. The third-order valence-electron chi connectivity index (χ3n) is 5.51. The molecule has 0 atom stereocenters. The average molecular weight is 383 g/mol. The monoisotopic (exact) mass is 383 g/mol. The molecule has 2 aliphatic heterocycles. The molecule has 2 aliphatic rings. The van der Waals surface area contributed by atoms with E-state index in [-0.39, 0.29) is 11.7 Å². The Hall–Kier alpha value is -2.70. The minimum Gasteiger partial charge on any atom is -0.366 e. The zero-order valence-electron chi connectivity index (χ0n) is 16.1. The summed E-state index contributed by atoms with van der Waals surface area (Å²) in [7, 11) is 0. The molecule has 0 saturated carbocycles. The Morgan fingerprint density at radius 1 is 0.857 bits per heavy atom. The van der Waals surface area contributed by atoms with Gasteiger partial charge in [-0.1, -0.05) is 25.0 Å². The molecule has 0 unspecified atom stereocenters. The van der Waals surface area contributed by atoms with Crippen LogP contribution in [0.3, 0.4) is 0 Å². The predicted octanol–water partition coefficient (Wildman–Crippen LogP) is 2.96. The second-order valence-electron chi connectivity index (χ2n) is 7.37. The Bertz CT molecular complexity index is 814. The van der Waals surface area contributed by atoms with E-state index in [1.807, 2.05) is 11.0 Å². The highest BCUT2D eigenvalue weighted by molar-refractivity contribution is 5.92. The van der Waals surface area contributed by atoms with Crippen molar-refractivity contribution in [3.63, 3.8) is 0 Å². The first-order chi connectivity index (χ1) is 13.7. The molecule has 28 heavy (non-hydrogen) atoms. The van der Waals surface area contributed by atoms with Gasteiger partial charge in [0.15, 0.2) is 0 Å². The molecular weight excluding hydrogens is 357 g/mol. The molecule has 1 amide bonds. The van der Waals surface area contributed by atoms with Gasteiger partial charge in [0.05, 0.1) is 5.69 Å². The van der Waals surface area contributed by atoms with E-state index in [4.69, 9.17) is 0 Å². The van der Waals surface area contributed by atoms with E-state index in [1.165, 1.54) is 18.9 Å². The number of carbonyl (C=O) groups excluding carboxylic acids is 1. The summed E-state index contributed by atoms with van der Waals surface area (Å²) in [5.41, 5.74) is 1.04. The number of rotatable bonds is 3. The van der Waals surface area contributed by atoms with Crippen LogP contribution in [0.4, 0.5) is 16.0 Å². The zero-order chi connectivity index (χ0) is 19.3. The summed E-state index contributed by atoms with van der Waals surface area (Å²) in [6.45, 7) is 4.21. The van der Waals surface area contributed by atoms with E-state index in [0.29, 0.717) is 43.5 Å².